The van der Waals surface area contributed by atoms with Crippen LogP contribution >= 0.6 is 0 Å². The van der Waals surface area contributed by atoms with Gasteiger partial charge in [0.05, 0.1) is 11.5 Å². The van der Waals surface area contributed by atoms with E-state index in [1.54, 1.807) is 18.2 Å². The molecule has 1 atom stereocenters. The van der Waals surface area contributed by atoms with Crippen molar-refractivity contribution in [2.24, 2.45) is 11.7 Å². The summed E-state index contributed by atoms with van der Waals surface area (Å²) in [6.45, 7) is 1.93. The second kappa shape index (κ2) is 7.91. The highest BCUT2D eigenvalue weighted by molar-refractivity contribution is 5.96. The van der Waals surface area contributed by atoms with Crippen LogP contribution in [0, 0.1) is 5.92 Å². The van der Waals surface area contributed by atoms with Crippen LogP contribution in [-0.2, 0) is 11.3 Å². The summed E-state index contributed by atoms with van der Waals surface area (Å²) in [5.74, 6) is -0.679. The Kier molecular flexibility index (Phi) is 5.41. The van der Waals surface area contributed by atoms with Crippen LogP contribution in [-0.4, -0.2) is 30.0 Å². The second-order valence-electron chi connectivity index (χ2n) is 6.55. The van der Waals surface area contributed by atoms with E-state index in [1.807, 2.05) is 24.3 Å². The van der Waals surface area contributed by atoms with E-state index in [0.29, 0.717) is 13.1 Å². The number of amides is 2. The van der Waals surface area contributed by atoms with Crippen LogP contribution in [0.1, 0.15) is 28.8 Å². The Labute approximate surface area is 152 Å². The number of para-hydroxylation sites is 1. The van der Waals surface area contributed by atoms with Gasteiger partial charge in [-0.15, -0.1) is 0 Å². The van der Waals surface area contributed by atoms with Crippen LogP contribution in [0.4, 0.5) is 5.69 Å². The van der Waals surface area contributed by atoms with Gasteiger partial charge in [0.2, 0.25) is 5.91 Å². The van der Waals surface area contributed by atoms with Gasteiger partial charge < -0.3 is 21.1 Å². The van der Waals surface area contributed by atoms with Crippen molar-refractivity contribution in [2.75, 3.05) is 18.0 Å². The number of primary amides is 1. The first-order valence-corrected chi connectivity index (χ1v) is 8.74. The molecule has 0 aromatic heterocycles. The summed E-state index contributed by atoms with van der Waals surface area (Å²) in [7, 11) is 0. The Morgan fingerprint density at radius 1 is 1.15 bits per heavy atom. The summed E-state index contributed by atoms with van der Waals surface area (Å²) < 4.78 is 0. The Hall–Kier alpha value is -3.02. The maximum Gasteiger partial charge on any atom is 0.255 e. The molecule has 0 bridgehead atoms. The summed E-state index contributed by atoms with van der Waals surface area (Å²) in [4.78, 5) is 25.7. The van der Waals surface area contributed by atoms with Gasteiger partial charge >= 0.3 is 0 Å². The van der Waals surface area contributed by atoms with Crippen molar-refractivity contribution in [1.29, 1.82) is 0 Å². The first-order valence-electron chi connectivity index (χ1n) is 8.74. The van der Waals surface area contributed by atoms with Gasteiger partial charge in [-0.2, -0.15) is 0 Å². The van der Waals surface area contributed by atoms with Crippen molar-refractivity contribution in [3.63, 3.8) is 0 Å². The van der Waals surface area contributed by atoms with E-state index >= 15 is 0 Å². The lowest BCUT2D eigenvalue weighted by Gasteiger charge is -2.33. The summed E-state index contributed by atoms with van der Waals surface area (Å²) in [5, 5.41) is 12.5. The van der Waals surface area contributed by atoms with Crippen LogP contribution in [0.5, 0.6) is 5.75 Å². The first kappa shape index (κ1) is 17.8. The number of hydrogen-bond acceptors (Lipinski definition) is 4. The third kappa shape index (κ3) is 4.14. The number of benzene rings is 2. The number of carbonyl (C=O) groups is 2. The number of phenols is 1. The fourth-order valence-corrected chi connectivity index (χ4v) is 3.21. The minimum absolute atomic E-state index is 0.0329. The molecular formula is C20H23N3O3. The molecule has 1 heterocycles. The largest absolute Gasteiger partial charge is 0.507 e. The molecule has 26 heavy (non-hydrogen) atoms. The van der Waals surface area contributed by atoms with Gasteiger partial charge in [0, 0.05) is 25.3 Å². The minimum atomic E-state index is -0.312. The number of rotatable bonds is 5. The van der Waals surface area contributed by atoms with Crippen molar-refractivity contribution in [3.8, 4) is 5.75 Å². The average Bonchev–Trinajstić information content (AvgIpc) is 2.67. The highest BCUT2D eigenvalue weighted by atomic mass is 16.3. The molecule has 0 radical (unpaired) electrons. The van der Waals surface area contributed by atoms with Crippen molar-refractivity contribution in [2.45, 2.75) is 19.4 Å². The molecule has 1 aliphatic rings. The van der Waals surface area contributed by atoms with E-state index in [-0.39, 0.29) is 29.0 Å². The van der Waals surface area contributed by atoms with E-state index in [2.05, 4.69) is 10.2 Å². The summed E-state index contributed by atoms with van der Waals surface area (Å²) >= 11 is 0. The van der Waals surface area contributed by atoms with Crippen LogP contribution in [0.2, 0.25) is 0 Å². The molecule has 3 rings (SSSR count). The van der Waals surface area contributed by atoms with Crippen molar-refractivity contribution in [3.05, 3.63) is 59.7 Å². The lowest BCUT2D eigenvalue weighted by molar-refractivity contribution is -0.122. The third-order valence-corrected chi connectivity index (χ3v) is 4.73. The number of hydrogen-bond donors (Lipinski definition) is 3. The molecule has 1 fully saturated rings. The molecular weight excluding hydrogens is 330 g/mol. The Morgan fingerprint density at radius 3 is 2.58 bits per heavy atom. The number of anilines is 1. The molecule has 6 heteroatoms. The smallest absolute Gasteiger partial charge is 0.255 e. The summed E-state index contributed by atoms with van der Waals surface area (Å²) in [6, 6.07) is 14.3. The van der Waals surface area contributed by atoms with E-state index in [0.717, 1.165) is 30.6 Å². The summed E-state index contributed by atoms with van der Waals surface area (Å²) in [5.41, 5.74) is 7.70. The molecule has 1 unspecified atom stereocenters. The normalized spacial score (nSPS) is 16.9. The fourth-order valence-electron chi connectivity index (χ4n) is 3.21. The molecule has 2 aromatic rings. The van der Waals surface area contributed by atoms with E-state index in [1.165, 1.54) is 6.07 Å². The predicted molar refractivity (Wildman–Crippen MR) is 99.9 cm³/mol. The quantitative estimate of drug-likeness (QED) is 0.766. The van der Waals surface area contributed by atoms with E-state index < -0.39 is 0 Å². The van der Waals surface area contributed by atoms with Gasteiger partial charge in [0.15, 0.2) is 0 Å². The number of carbonyl (C=O) groups excluding carboxylic acids is 2. The predicted octanol–water partition coefficient (Wildman–Crippen LogP) is 2.02. The van der Waals surface area contributed by atoms with E-state index in [9.17, 15) is 14.7 Å². The average molecular weight is 353 g/mol. The lowest BCUT2D eigenvalue weighted by atomic mass is 9.97. The fraction of sp³-hybridized carbons (Fsp3) is 0.300. The minimum Gasteiger partial charge on any atom is -0.507 e. The lowest BCUT2D eigenvalue weighted by Crippen LogP contribution is -2.41. The monoisotopic (exact) mass is 353 g/mol. The van der Waals surface area contributed by atoms with Gasteiger partial charge in [-0.3, -0.25) is 9.59 Å². The Morgan fingerprint density at radius 2 is 1.88 bits per heavy atom. The van der Waals surface area contributed by atoms with Crippen molar-refractivity contribution < 1.29 is 14.7 Å². The zero-order valence-corrected chi connectivity index (χ0v) is 14.5. The molecule has 136 valence electrons. The molecule has 1 saturated heterocycles. The zero-order valence-electron chi connectivity index (χ0n) is 14.5. The second-order valence-corrected chi connectivity index (χ2v) is 6.55. The molecule has 0 aliphatic carbocycles. The van der Waals surface area contributed by atoms with Gasteiger partial charge in [-0.1, -0.05) is 24.3 Å². The van der Waals surface area contributed by atoms with Crippen molar-refractivity contribution in [1.82, 2.24) is 5.32 Å². The summed E-state index contributed by atoms with van der Waals surface area (Å²) in [6.07, 6.45) is 1.80. The third-order valence-electron chi connectivity index (χ3n) is 4.73. The topological polar surface area (TPSA) is 95.7 Å². The Bertz CT molecular complexity index is 789. The maximum atomic E-state index is 12.1. The van der Waals surface area contributed by atoms with Crippen LogP contribution in [0.3, 0.4) is 0 Å². The molecule has 2 aromatic carbocycles. The molecule has 1 aliphatic heterocycles. The van der Waals surface area contributed by atoms with Crippen molar-refractivity contribution >= 4 is 17.5 Å². The molecule has 4 N–H and O–H groups in total. The van der Waals surface area contributed by atoms with Gasteiger partial charge in [-0.25, -0.2) is 0 Å². The maximum absolute atomic E-state index is 12.1. The van der Waals surface area contributed by atoms with Gasteiger partial charge in [-0.05, 0) is 42.7 Å². The number of nitrogens with one attached hydrogen (secondary N) is 1. The van der Waals surface area contributed by atoms with Crippen LogP contribution in [0.25, 0.3) is 0 Å². The van der Waals surface area contributed by atoms with Crippen LogP contribution < -0.4 is 16.0 Å². The molecule has 2 amide bonds. The molecule has 0 saturated carbocycles. The SMILES string of the molecule is NC(=O)C1CCCN(c2ccc(CNC(=O)c3ccccc3O)cc2)C1. The van der Waals surface area contributed by atoms with Crippen LogP contribution in [0.15, 0.2) is 48.5 Å². The molecule has 0 spiro atoms. The zero-order chi connectivity index (χ0) is 18.5. The standard InChI is InChI=1S/C20H23N3O3/c21-19(25)15-4-3-11-23(13-15)16-9-7-14(8-10-16)12-22-20(26)17-5-1-2-6-18(17)24/h1-2,5-10,15,24H,3-4,11-13H2,(H2,21,25)(H,22,26). The van der Waals surface area contributed by atoms with Gasteiger partial charge in [0.25, 0.3) is 5.91 Å². The Balaban J connectivity index is 1.59. The number of piperidine rings is 1. The number of nitrogens with two attached hydrogens (primary N) is 1. The molecule has 6 nitrogen and oxygen atoms in total. The number of nitrogens with zero attached hydrogens (tertiary/aromatic N) is 1. The number of phenolic OH excluding ortho intramolecular Hbond substituents is 1. The van der Waals surface area contributed by atoms with E-state index in [4.69, 9.17) is 5.73 Å². The number of aromatic hydroxyl groups is 1. The highest BCUT2D eigenvalue weighted by Gasteiger charge is 2.24. The van der Waals surface area contributed by atoms with Gasteiger partial charge in [0.1, 0.15) is 5.75 Å². The highest BCUT2D eigenvalue weighted by Crippen LogP contribution is 2.23. The first-order chi connectivity index (χ1) is 12.5.